The summed E-state index contributed by atoms with van der Waals surface area (Å²) in [6.45, 7) is 6.09. The third-order valence-corrected chi connectivity index (χ3v) is 5.06. The van der Waals surface area contributed by atoms with Crippen molar-refractivity contribution in [2.75, 3.05) is 12.3 Å². The summed E-state index contributed by atoms with van der Waals surface area (Å²) >= 11 is 2.19. The maximum Gasteiger partial charge on any atom is 0.0166 e. The molecule has 0 radical (unpaired) electrons. The molecule has 2 aliphatic rings. The number of nitrogens with one attached hydrogen (secondary N) is 1. The Morgan fingerprint density at radius 2 is 2.08 bits per heavy atom. The molecule has 0 aromatic carbocycles. The van der Waals surface area contributed by atoms with Gasteiger partial charge in [0.2, 0.25) is 0 Å². The van der Waals surface area contributed by atoms with E-state index in [4.69, 9.17) is 0 Å². The second-order valence-corrected chi connectivity index (χ2v) is 6.85. The van der Waals surface area contributed by atoms with E-state index < -0.39 is 0 Å². The van der Waals surface area contributed by atoms with Crippen LogP contribution in [0.2, 0.25) is 0 Å². The monoisotopic (exact) mass is 199 g/mol. The fraction of sp³-hybridized carbons (Fsp3) is 1.00. The van der Waals surface area contributed by atoms with Gasteiger partial charge in [-0.1, -0.05) is 6.92 Å². The highest BCUT2D eigenvalue weighted by Crippen LogP contribution is 2.44. The zero-order valence-corrected chi connectivity index (χ0v) is 9.67. The molecule has 1 nitrogen and oxygen atoms in total. The van der Waals surface area contributed by atoms with Gasteiger partial charge < -0.3 is 5.32 Å². The molecule has 0 aromatic rings. The van der Waals surface area contributed by atoms with Crippen molar-refractivity contribution in [2.45, 2.75) is 56.2 Å². The zero-order valence-electron chi connectivity index (χ0n) is 8.86. The van der Waals surface area contributed by atoms with Crippen molar-refractivity contribution in [3.8, 4) is 0 Å². The zero-order chi connectivity index (χ0) is 9.36. The molecule has 0 saturated carbocycles. The highest BCUT2D eigenvalue weighted by atomic mass is 32.2. The predicted octanol–water partition coefficient (Wildman–Crippen LogP) is 2.80. The van der Waals surface area contributed by atoms with Gasteiger partial charge >= 0.3 is 0 Å². The lowest BCUT2D eigenvalue weighted by Crippen LogP contribution is -2.42. The summed E-state index contributed by atoms with van der Waals surface area (Å²) in [6, 6.07) is 0. The molecule has 0 aliphatic carbocycles. The highest BCUT2D eigenvalue weighted by Gasteiger charge is 2.39. The summed E-state index contributed by atoms with van der Waals surface area (Å²) in [5, 5.41) is 3.67. The van der Waals surface area contributed by atoms with Gasteiger partial charge in [0.05, 0.1) is 0 Å². The number of hydrogen-bond donors (Lipinski definition) is 1. The SMILES string of the molecule is CC1(CC2(C)CCCS2)CCCN1. The fourth-order valence-corrected chi connectivity index (χ4v) is 4.40. The quantitative estimate of drug-likeness (QED) is 0.734. The van der Waals surface area contributed by atoms with Crippen LogP contribution < -0.4 is 5.32 Å². The number of hydrogen-bond acceptors (Lipinski definition) is 2. The Morgan fingerprint density at radius 1 is 1.23 bits per heavy atom. The van der Waals surface area contributed by atoms with Crippen LogP contribution in [-0.4, -0.2) is 22.6 Å². The minimum Gasteiger partial charge on any atom is -0.311 e. The number of thioether (sulfide) groups is 1. The van der Waals surface area contributed by atoms with Gasteiger partial charge in [-0.15, -0.1) is 0 Å². The minimum atomic E-state index is 0.450. The van der Waals surface area contributed by atoms with Crippen LogP contribution in [0.1, 0.15) is 46.0 Å². The van der Waals surface area contributed by atoms with E-state index in [0.717, 1.165) is 0 Å². The highest BCUT2D eigenvalue weighted by molar-refractivity contribution is 8.00. The van der Waals surface area contributed by atoms with E-state index in [9.17, 15) is 0 Å². The maximum absolute atomic E-state index is 3.67. The van der Waals surface area contributed by atoms with Crippen LogP contribution in [0.25, 0.3) is 0 Å². The molecular formula is C11H21NS. The number of rotatable bonds is 2. The predicted molar refractivity (Wildman–Crippen MR) is 60.4 cm³/mol. The van der Waals surface area contributed by atoms with Crippen molar-refractivity contribution in [3.05, 3.63) is 0 Å². The Bertz CT molecular complexity index is 159. The van der Waals surface area contributed by atoms with Crippen LogP contribution in [0.3, 0.4) is 0 Å². The van der Waals surface area contributed by atoms with Crippen molar-refractivity contribution in [3.63, 3.8) is 0 Å². The molecule has 0 spiro atoms. The smallest absolute Gasteiger partial charge is 0.0166 e. The average molecular weight is 199 g/mol. The standard InChI is InChI=1S/C11H21NS/c1-10(5-3-7-12-10)9-11(2)6-4-8-13-11/h12H,3-9H2,1-2H3. The first-order valence-electron chi connectivity index (χ1n) is 5.51. The first kappa shape index (κ1) is 9.85. The lowest BCUT2D eigenvalue weighted by molar-refractivity contribution is 0.336. The molecule has 2 unspecified atom stereocenters. The van der Waals surface area contributed by atoms with E-state index >= 15 is 0 Å². The maximum atomic E-state index is 3.67. The molecule has 1 N–H and O–H groups in total. The minimum absolute atomic E-state index is 0.450. The van der Waals surface area contributed by atoms with Crippen molar-refractivity contribution in [2.24, 2.45) is 0 Å². The average Bonchev–Trinajstić information content (AvgIpc) is 2.60. The van der Waals surface area contributed by atoms with Crippen molar-refractivity contribution in [1.29, 1.82) is 0 Å². The van der Waals surface area contributed by atoms with Crippen LogP contribution in [0, 0.1) is 0 Å². The summed E-state index contributed by atoms with van der Waals surface area (Å²) in [5.74, 6) is 1.38. The largest absolute Gasteiger partial charge is 0.311 e. The first-order chi connectivity index (χ1) is 6.12. The van der Waals surface area contributed by atoms with Crippen molar-refractivity contribution >= 4 is 11.8 Å². The van der Waals surface area contributed by atoms with Crippen LogP contribution in [0.15, 0.2) is 0 Å². The molecule has 2 rings (SSSR count). The van der Waals surface area contributed by atoms with E-state index in [0.29, 0.717) is 10.3 Å². The summed E-state index contributed by atoms with van der Waals surface area (Å²) in [4.78, 5) is 0. The molecule has 0 amide bonds. The van der Waals surface area contributed by atoms with Gasteiger partial charge in [0.1, 0.15) is 0 Å². The lowest BCUT2D eigenvalue weighted by atomic mass is 9.86. The molecule has 2 saturated heterocycles. The topological polar surface area (TPSA) is 12.0 Å². The molecule has 2 heterocycles. The van der Waals surface area contributed by atoms with E-state index in [1.165, 1.54) is 44.4 Å². The Morgan fingerprint density at radius 3 is 2.62 bits per heavy atom. The molecule has 13 heavy (non-hydrogen) atoms. The summed E-state index contributed by atoms with van der Waals surface area (Å²) in [6.07, 6.45) is 6.97. The molecule has 76 valence electrons. The van der Waals surface area contributed by atoms with Crippen LogP contribution in [-0.2, 0) is 0 Å². The Hall–Kier alpha value is 0.310. The van der Waals surface area contributed by atoms with Gasteiger partial charge in [0.25, 0.3) is 0 Å². The first-order valence-corrected chi connectivity index (χ1v) is 6.50. The van der Waals surface area contributed by atoms with Crippen molar-refractivity contribution < 1.29 is 0 Å². The van der Waals surface area contributed by atoms with E-state index in [1.54, 1.807) is 0 Å². The molecule has 2 aliphatic heterocycles. The van der Waals surface area contributed by atoms with Gasteiger partial charge in [-0.3, -0.25) is 0 Å². The van der Waals surface area contributed by atoms with Crippen molar-refractivity contribution in [1.82, 2.24) is 5.32 Å². The molecular weight excluding hydrogens is 178 g/mol. The third-order valence-electron chi connectivity index (χ3n) is 3.52. The normalized spacial score (nSPS) is 45.7. The molecule has 2 heteroatoms. The molecule has 2 fully saturated rings. The van der Waals surface area contributed by atoms with Gasteiger partial charge in [0.15, 0.2) is 0 Å². The van der Waals surface area contributed by atoms with Gasteiger partial charge in [-0.25, -0.2) is 0 Å². The Kier molecular flexibility index (Phi) is 2.63. The van der Waals surface area contributed by atoms with Crippen LogP contribution in [0.4, 0.5) is 0 Å². The van der Waals surface area contributed by atoms with Gasteiger partial charge in [-0.2, -0.15) is 11.8 Å². The van der Waals surface area contributed by atoms with Gasteiger partial charge in [-0.05, 0) is 51.3 Å². The van der Waals surface area contributed by atoms with E-state index in [2.05, 4.69) is 30.9 Å². The second-order valence-electron chi connectivity index (χ2n) is 5.17. The van der Waals surface area contributed by atoms with Gasteiger partial charge in [0, 0.05) is 10.3 Å². The van der Waals surface area contributed by atoms with Crippen LogP contribution >= 0.6 is 11.8 Å². The summed E-state index contributed by atoms with van der Waals surface area (Å²) in [7, 11) is 0. The lowest BCUT2D eigenvalue weighted by Gasteiger charge is -2.34. The molecule has 0 bridgehead atoms. The summed E-state index contributed by atoms with van der Waals surface area (Å²) in [5.41, 5.74) is 0.450. The molecule has 0 aromatic heterocycles. The Balaban J connectivity index is 1.95. The van der Waals surface area contributed by atoms with E-state index in [-0.39, 0.29) is 0 Å². The Labute approximate surface area is 86.0 Å². The fourth-order valence-electron chi connectivity index (χ4n) is 2.91. The molecule has 2 atom stereocenters. The van der Waals surface area contributed by atoms with Crippen LogP contribution in [0.5, 0.6) is 0 Å². The third kappa shape index (κ3) is 2.21. The summed E-state index contributed by atoms with van der Waals surface area (Å²) < 4.78 is 0.575. The second kappa shape index (κ2) is 3.47. The van der Waals surface area contributed by atoms with E-state index in [1.807, 2.05) is 0 Å².